The molecule has 10 heteroatoms. The second-order valence-corrected chi connectivity index (χ2v) is 6.41. The Bertz CT molecular complexity index is 1090. The van der Waals surface area contributed by atoms with Crippen molar-refractivity contribution in [1.29, 1.82) is 0 Å². The van der Waals surface area contributed by atoms with Gasteiger partial charge < -0.3 is 14.4 Å². The summed E-state index contributed by atoms with van der Waals surface area (Å²) in [6, 6.07) is 3.96. The standard InChI is InChI=1S/C16H18N10/c1-11-20-21-12-3-4-13(22-26(11)12)24-5-7-25(8-6-24)16-14-15(17-9-18-16)19-10-23(14)2/h3-4,9-10H,5-8H2,1-2H3. The molecule has 0 spiro atoms. The lowest BCUT2D eigenvalue weighted by molar-refractivity contribution is 0.635. The van der Waals surface area contributed by atoms with E-state index in [0.717, 1.165) is 60.5 Å². The summed E-state index contributed by atoms with van der Waals surface area (Å²) < 4.78 is 3.76. The molecule has 0 aromatic carbocycles. The van der Waals surface area contributed by atoms with Gasteiger partial charge in [-0.3, -0.25) is 0 Å². The van der Waals surface area contributed by atoms with Crippen LogP contribution in [0.15, 0.2) is 24.8 Å². The van der Waals surface area contributed by atoms with Crippen molar-refractivity contribution in [2.45, 2.75) is 6.92 Å². The van der Waals surface area contributed by atoms with Crippen LogP contribution in [0.5, 0.6) is 0 Å². The molecule has 0 amide bonds. The van der Waals surface area contributed by atoms with Crippen LogP contribution in [-0.2, 0) is 7.05 Å². The zero-order chi connectivity index (χ0) is 17.7. The maximum absolute atomic E-state index is 4.67. The third kappa shape index (κ3) is 2.25. The fraction of sp³-hybridized carbons (Fsp3) is 0.375. The Morgan fingerprint density at radius 3 is 2.58 bits per heavy atom. The predicted molar refractivity (Wildman–Crippen MR) is 96.2 cm³/mol. The Morgan fingerprint density at radius 2 is 1.73 bits per heavy atom. The first-order chi connectivity index (χ1) is 12.7. The number of piperazine rings is 1. The normalized spacial score (nSPS) is 15.3. The van der Waals surface area contributed by atoms with E-state index in [1.807, 2.05) is 30.7 Å². The van der Waals surface area contributed by atoms with E-state index in [9.17, 15) is 0 Å². The summed E-state index contributed by atoms with van der Waals surface area (Å²) >= 11 is 0. The van der Waals surface area contributed by atoms with Crippen LogP contribution < -0.4 is 9.80 Å². The second kappa shape index (κ2) is 5.61. The molecule has 1 aliphatic heterocycles. The van der Waals surface area contributed by atoms with E-state index >= 15 is 0 Å². The Kier molecular flexibility index (Phi) is 3.24. The lowest BCUT2D eigenvalue weighted by Crippen LogP contribution is -2.47. The largest absolute Gasteiger partial charge is 0.352 e. The van der Waals surface area contributed by atoms with Crippen molar-refractivity contribution in [3.63, 3.8) is 0 Å². The number of imidazole rings is 1. The second-order valence-electron chi connectivity index (χ2n) is 6.41. The molecule has 26 heavy (non-hydrogen) atoms. The molecular weight excluding hydrogens is 332 g/mol. The SMILES string of the molecule is Cc1nnc2ccc(N3CCN(c4ncnc5ncn(C)c45)CC3)nn12. The van der Waals surface area contributed by atoms with Crippen molar-refractivity contribution >= 4 is 28.4 Å². The highest BCUT2D eigenvalue weighted by Crippen LogP contribution is 2.24. The maximum Gasteiger partial charge on any atom is 0.182 e. The van der Waals surface area contributed by atoms with Gasteiger partial charge in [0.25, 0.3) is 0 Å². The molecule has 5 heterocycles. The number of rotatable bonds is 2. The first-order valence-electron chi connectivity index (χ1n) is 8.52. The number of aryl methyl sites for hydroxylation is 2. The Hall–Kier alpha value is -3.30. The lowest BCUT2D eigenvalue weighted by atomic mass is 10.3. The van der Waals surface area contributed by atoms with E-state index in [1.165, 1.54) is 0 Å². The number of anilines is 2. The quantitative estimate of drug-likeness (QED) is 0.514. The maximum atomic E-state index is 4.67. The van der Waals surface area contributed by atoms with E-state index in [0.29, 0.717) is 0 Å². The molecular formula is C16H18N10. The van der Waals surface area contributed by atoms with Gasteiger partial charge in [-0.25, -0.2) is 15.0 Å². The van der Waals surface area contributed by atoms with Crippen LogP contribution in [0.1, 0.15) is 5.82 Å². The molecule has 0 bridgehead atoms. The molecule has 0 N–H and O–H groups in total. The van der Waals surface area contributed by atoms with Gasteiger partial charge in [0.2, 0.25) is 0 Å². The summed E-state index contributed by atoms with van der Waals surface area (Å²) in [7, 11) is 1.97. The number of hydrogen-bond acceptors (Lipinski definition) is 8. The van der Waals surface area contributed by atoms with Gasteiger partial charge in [-0.05, 0) is 19.1 Å². The topological polar surface area (TPSA) is 93.2 Å². The molecule has 132 valence electrons. The molecule has 0 radical (unpaired) electrons. The van der Waals surface area contributed by atoms with Crippen molar-refractivity contribution in [3.8, 4) is 0 Å². The van der Waals surface area contributed by atoms with Gasteiger partial charge >= 0.3 is 0 Å². The Balaban J connectivity index is 1.40. The number of nitrogens with zero attached hydrogens (tertiary/aromatic N) is 10. The van der Waals surface area contributed by atoms with E-state index in [-0.39, 0.29) is 0 Å². The molecule has 10 nitrogen and oxygen atoms in total. The summed E-state index contributed by atoms with van der Waals surface area (Å²) in [6.07, 6.45) is 3.36. The van der Waals surface area contributed by atoms with E-state index in [2.05, 4.69) is 40.0 Å². The van der Waals surface area contributed by atoms with Crippen molar-refractivity contribution in [2.75, 3.05) is 36.0 Å². The van der Waals surface area contributed by atoms with Crippen molar-refractivity contribution in [1.82, 2.24) is 39.3 Å². The van der Waals surface area contributed by atoms with Crippen LogP contribution in [0.3, 0.4) is 0 Å². The molecule has 0 aliphatic carbocycles. The monoisotopic (exact) mass is 350 g/mol. The summed E-state index contributed by atoms with van der Waals surface area (Å²) in [5.41, 5.74) is 2.47. The van der Waals surface area contributed by atoms with Crippen LogP contribution in [-0.4, -0.2) is 65.5 Å². The molecule has 4 aromatic rings. The van der Waals surface area contributed by atoms with Gasteiger partial charge in [-0.15, -0.1) is 15.3 Å². The first-order valence-corrected chi connectivity index (χ1v) is 8.52. The minimum atomic E-state index is 0.732. The lowest BCUT2D eigenvalue weighted by Gasteiger charge is -2.36. The molecule has 1 saturated heterocycles. The molecule has 4 aromatic heterocycles. The molecule has 0 saturated carbocycles. The predicted octanol–water partition coefficient (Wildman–Crippen LogP) is 0.436. The van der Waals surface area contributed by atoms with Gasteiger partial charge in [0.05, 0.1) is 6.33 Å². The van der Waals surface area contributed by atoms with Gasteiger partial charge in [-0.1, -0.05) is 0 Å². The fourth-order valence-electron chi connectivity index (χ4n) is 3.40. The number of hydrogen-bond donors (Lipinski definition) is 0. The van der Waals surface area contributed by atoms with Crippen LogP contribution in [0.25, 0.3) is 16.8 Å². The van der Waals surface area contributed by atoms with Crippen LogP contribution in [0.4, 0.5) is 11.6 Å². The summed E-state index contributed by atoms with van der Waals surface area (Å²) in [6.45, 7) is 5.35. The Morgan fingerprint density at radius 1 is 0.923 bits per heavy atom. The van der Waals surface area contributed by atoms with Crippen molar-refractivity contribution in [2.24, 2.45) is 7.05 Å². The van der Waals surface area contributed by atoms with Crippen LogP contribution in [0.2, 0.25) is 0 Å². The summed E-state index contributed by atoms with van der Waals surface area (Å²) in [5, 5.41) is 12.8. The minimum Gasteiger partial charge on any atom is -0.352 e. The smallest absolute Gasteiger partial charge is 0.182 e. The fourth-order valence-corrected chi connectivity index (χ4v) is 3.40. The average Bonchev–Trinajstić information content (AvgIpc) is 3.25. The molecule has 1 aliphatic rings. The highest BCUT2D eigenvalue weighted by Gasteiger charge is 2.22. The highest BCUT2D eigenvalue weighted by atomic mass is 15.4. The van der Waals surface area contributed by atoms with Crippen LogP contribution in [0, 0.1) is 6.92 Å². The average molecular weight is 350 g/mol. The van der Waals surface area contributed by atoms with Gasteiger partial charge in [0.15, 0.2) is 22.9 Å². The van der Waals surface area contributed by atoms with Crippen molar-refractivity contribution < 1.29 is 0 Å². The highest BCUT2D eigenvalue weighted by molar-refractivity contribution is 5.83. The van der Waals surface area contributed by atoms with E-state index in [4.69, 9.17) is 0 Å². The van der Waals surface area contributed by atoms with E-state index < -0.39 is 0 Å². The van der Waals surface area contributed by atoms with Crippen LogP contribution >= 0.6 is 0 Å². The summed E-state index contributed by atoms with van der Waals surface area (Å²) in [4.78, 5) is 17.6. The zero-order valence-corrected chi connectivity index (χ0v) is 14.6. The van der Waals surface area contributed by atoms with Gasteiger partial charge in [0, 0.05) is 33.2 Å². The number of fused-ring (bicyclic) bond motifs is 2. The molecule has 0 atom stereocenters. The van der Waals surface area contributed by atoms with Crippen molar-refractivity contribution in [3.05, 3.63) is 30.6 Å². The molecule has 1 fully saturated rings. The number of aromatic nitrogens is 8. The van der Waals surface area contributed by atoms with Gasteiger partial charge in [0.1, 0.15) is 17.7 Å². The third-order valence-electron chi connectivity index (χ3n) is 4.80. The minimum absolute atomic E-state index is 0.732. The molecule has 0 unspecified atom stereocenters. The zero-order valence-electron chi connectivity index (χ0n) is 14.6. The Labute approximate surface area is 149 Å². The summed E-state index contributed by atoms with van der Waals surface area (Å²) in [5.74, 6) is 2.67. The van der Waals surface area contributed by atoms with Gasteiger partial charge in [-0.2, -0.15) is 4.52 Å². The third-order valence-corrected chi connectivity index (χ3v) is 4.80. The van der Waals surface area contributed by atoms with E-state index in [1.54, 1.807) is 17.2 Å². The molecule has 5 rings (SSSR count). The first kappa shape index (κ1) is 15.0.